The van der Waals surface area contributed by atoms with Gasteiger partial charge in [-0.3, -0.25) is 14.9 Å². The summed E-state index contributed by atoms with van der Waals surface area (Å²) in [5.74, 6) is -0.911. The molecule has 1 rings (SSSR count). The number of carbonyl (C=O) groups excluding carboxylic acids is 1. The molecule has 7 heteroatoms. The molecule has 80 valence electrons. The van der Waals surface area contributed by atoms with Gasteiger partial charge in [-0.1, -0.05) is 15.9 Å². The average molecular weight is 275 g/mol. The van der Waals surface area contributed by atoms with Gasteiger partial charge in [0.25, 0.3) is 5.69 Å². The number of phenols is 1. The molecule has 0 fully saturated rings. The van der Waals surface area contributed by atoms with E-state index in [1.807, 2.05) is 0 Å². The Labute approximate surface area is 93.0 Å². The van der Waals surface area contributed by atoms with Crippen molar-refractivity contribution in [1.82, 2.24) is 0 Å². The number of carbonyl (C=O) groups is 1. The summed E-state index contributed by atoms with van der Waals surface area (Å²) < 4.78 is 0. The van der Waals surface area contributed by atoms with Crippen LogP contribution in [0.25, 0.3) is 0 Å². The number of phenolic OH excluding ortho intramolecular Hbond substituents is 1. The molecule has 0 unspecified atom stereocenters. The maximum atomic E-state index is 11.3. The first kappa shape index (κ1) is 11.4. The van der Waals surface area contributed by atoms with E-state index in [9.17, 15) is 20.0 Å². The lowest BCUT2D eigenvalue weighted by Gasteiger charge is -2.05. The number of ketones is 1. The van der Waals surface area contributed by atoms with E-state index in [2.05, 4.69) is 15.9 Å². The molecule has 0 amide bonds. The first-order valence-corrected chi connectivity index (χ1v) is 4.95. The maximum absolute atomic E-state index is 11.3. The summed E-state index contributed by atoms with van der Waals surface area (Å²) in [6, 6.07) is 1.93. The number of nitrogen functional groups attached to an aromatic ring is 1. The van der Waals surface area contributed by atoms with E-state index < -0.39 is 16.5 Å². The molecule has 15 heavy (non-hydrogen) atoms. The summed E-state index contributed by atoms with van der Waals surface area (Å²) in [7, 11) is 0. The Kier molecular flexibility index (Phi) is 3.25. The molecule has 0 radical (unpaired) electrons. The molecule has 0 saturated heterocycles. The summed E-state index contributed by atoms with van der Waals surface area (Å²) >= 11 is 2.92. The third-order valence-electron chi connectivity index (χ3n) is 1.74. The van der Waals surface area contributed by atoms with Crippen molar-refractivity contribution >= 4 is 33.1 Å². The van der Waals surface area contributed by atoms with Gasteiger partial charge in [-0.15, -0.1) is 0 Å². The zero-order valence-electron chi connectivity index (χ0n) is 7.44. The van der Waals surface area contributed by atoms with Gasteiger partial charge in [0.1, 0.15) is 5.75 Å². The normalized spacial score (nSPS) is 9.93. The Morgan fingerprint density at radius 2 is 2.20 bits per heavy atom. The Balaban J connectivity index is 3.33. The standard InChI is InChI=1S/C8H7BrN2O4/c9-3-7(13)8-5(10)1-4(11(14)15)2-6(8)12/h1-2,12H,3,10H2. The Morgan fingerprint density at radius 3 is 2.60 bits per heavy atom. The van der Waals surface area contributed by atoms with Gasteiger partial charge in [-0.2, -0.15) is 0 Å². The number of non-ortho nitro benzene ring substituents is 1. The molecule has 1 aromatic carbocycles. The molecule has 0 spiro atoms. The predicted octanol–water partition coefficient (Wildman–Crippen LogP) is 1.46. The molecule has 0 bridgehead atoms. The lowest BCUT2D eigenvalue weighted by Crippen LogP contribution is -2.06. The third kappa shape index (κ3) is 2.24. The van der Waals surface area contributed by atoms with E-state index in [1.165, 1.54) is 0 Å². The van der Waals surface area contributed by atoms with Crippen LogP contribution in [0.15, 0.2) is 12.1 Å². The monoisotopic (exact) mass is 274 g/mol. The van der Waals surface area contributed by atoms with Gasteiger partial charge in [0.05, 0.1) is 27.6 Å². The minimum atomic E-state index is -0.696. The van der Waals surface area contributed by atoms with E-state index in [4.69, 9.17) is 5.73 Å². The van der Waals surface area contributed by atoms with Crippen molar-refractivity contribution in [3.63, 3.8) is 0 Å². The highest BCUT2D eigenvalue weighted by molar-refractivity contribution is 9.09. The summed E-state index contributed by atoms with van der Waals surface area (Å²) in [6.45, 7) is 0. The highest BCUT2D eigenvalue weighted by atomic mass is 79.9. The summed E-state index contributed by atoms with van der Waals surface area (Å²) in [6.07, 6.45) is 0. The number of anilines is 1. The topological polar surface area (TPSA) is 106 Å². The number of nitro groups is 1. The van der Waals surface area contributed by atoms with Gasteiger partial charge < -0.3 is 10.8 Å². The highest BCUT2D eigenvalue weighted by Crippen LogP contribution is 2.30. The van der Waals surface area contributed by atoms with Crippen molar-refractivity contribution in [3.8, 4) is 5.75 Å². The van der Waals surface area contributed by atoms with Gasteiger partial charge >= 0.3 is 0 Å². The van der Waals surface area contributed by atoms with Crippen molar-refractivity contribution < 1.29 is 14.8 Å². The summed E-state index contributed by atoms with van der Waals surface area (Å²) in [5, 5.41) is 19.8. The van der Waals surface area contributed by atoms with Gasteiger partial charge in [-0.25, -0.2) is 0 Å². The second-order valence-electron chi connectivity index (χ2n) is 2.74. The zero-order valence-corrected chi connectivity index (χ0v) is 9.02. The number of nitrogens with zero attached hydrogens (tertiary/aromatic N) is 1. The van der Waals surface area contributed by atoms with Crippen LogP contribution in [0.2, 0.25) is 0 Å². The van der Waals surface area contributed by atoms with Crippen LogP contribution in [0.4, 0.5) is 11.4 Å². The molecule has 3 N–H and O–H groups in total. The lowest BCUT2D eigenvalue weighted by atomic mass is 10.1. The smallest absolute Gasteiger partial charge is 0.275 e. The number of halogens is 1. The average Bonchev–Trinajstić information content (AvgIpc) is 2.16. The molecule has 0 heterocycles. The van der Waals surface area contributed by atoms with Crippen molar-refractivity contribution in [3.05, 3.63) is 27.8 Å². The van der Waals surface area contributed by atoms with Crippen LogP contribution < -0.4 is 5.73 Å². The first-order valence-electron chi connectivity index (χ1n) is 3.83. The van der Waals surface area contributed by atoms with Crippen molar-refractivity contribution in [2.45, 2.75) is 0 Å². The molecule has 1 aromatic rings. The molecule has 0 atom stereocenters. The fraction of sp³-hybridized carbons (Fsp3) is 0.125. The quantitative estimate of drug-likeness (QED) is 0.285. The van der Waals surface area contributed by atoms with E-state index in [0.717, 1.165) is 12.1 Å². The number of alkyl halides is 1. The largest absolute Gasteiger partial charge is 0.507 e. The number of aromatic hydroxyl groups is 1. The number of nitrogens with two attached hydrogens (primary N) is 1. The Morgan fingerprint density at radius 1 is 1.60 bits per heavy atom. The van der Waals surface area contributed by atoms with Crippen molar-refractivity contribution in [1.29, 1.82) is 0 Å². The summed E-state index contributed by atoms with van der Waals surface area (Å²) in [5.41, 5.74) is 4.87. The van der Waals surface area contributed by atoms with E-state index >= 15 is 0 Å². The minimum Gasteiger partial charge on any atom is -0.507 e. The molecule has 0 aromatic heterocycles. The number of benzene rings is 1. The van der Waals surface area contributed by atoms with Crippen LogP contribution in [-0.4, -0.2) is 21.1 Å². The number of nitro benzene ring substituents is 1. The summed E-state index contributed by atoms with van der Waals surface area (Å²) in [4.78, 5) is 21.0. The van der Waals surface area contributed by atoms with Crippen LogP contribution in [0, 0.1) is 10.1 Å². The first-order chi connectivity index (χ1) is 6.97. The van der Waals surface area contributed by atoms with Crippen molar-refractivity contribution in [2.24, 2.45) is 0 Å². The van der Waals surface area contributed by atoms with Crippen LogP contribution >= 0.6 is 15.9 Å². The Hall–Kier alpha value is -1.63. The fourth-order valence-corrected chi connectivity index (χ4v) is 1.39. The van der Waals surface area contributed by atoms with Crippen molar-refractivity contribution in [2.75, 3.05) is 11.1 Å². The van der Waals surface area contributed by atoms with Gasteiger partial charge in [-0.05, 0) is 0 Å². The maximum Gasteiger partial charge on any atom is 0.275 e. The SMILES string of the molecule is Nc1cc([N+](=O)[O-])cc(O)c1C(=O)CBr. The van der Waals surface area contributed by atoms with Crippen LogP contribution in [0.1, 0.15) is 10.4 Å². The molecular formula is C8H7BrN2O4. The number of rotatable bonds is 3. The van der Waals surface area contributed by atoms with Gasteiger partial charge in [0.2, 0.25) is 0 Å². The third-order valence-corrected chi connectivity index (χ3v) is 2.25. The van der Waals surface area contributed by atoms with Gasteiger partial charge in [0, 0.05) is 6.07 Å². The molecule has 0 aliphatic carbocycles. The van der Waals surface area contributed by atoms with Crippen LogP contribution in [-0.2, 0) is 0 Å². The Bertz CT molecular complexity index is 410. The van der Waals surface area contributed by atoms with E-state index in [1.54, 1.807) is 0 Å². The second kappa shape index (κ2) is 4.26. The molecular weight excluding hydrogens is 268 g/mol. The number of Topliss-reactive ketones (excluding diaryl/α,β-unsaturated/α-hetero) is 1. The molecule has 0 aliphatic heterocycles. The number of hydrogen-bond acceptors (Lipinski definition) is 5. The van der Waals surface area contributed by atoms with Gasteiger partial charge in [0.15, 0.2) is 5.78 Å². The van der Waals surface area contributed by atoms with E-state index in [-0.39, 0.29) is 22.3 Å². The second-order valence-corrected chi connectivity index (χ2v) is 3.30. The molecule has 0 saturated carbocycles. The van der Waals surface area contributed by atoms with E-state index in [0.29, 0.717) is 0 Å². The number of hydrogen-bond donors (Lipinski definition) is 2. The molecule has 6 nitrogen and oxygen atoms in total. The molecule has 0 aliphatic rings. The zero-order chi connectivity index (χ0) is 11.6. The fourth-order valence-electron chi connectivity index (χ4n) is 1.11. The minimum absolute atomic E-state index is 0.0113. The lowest BCUT2D eigenvalue weighted by molar-refractivity contribution is -0.384. The predicted molar refractivity (Wildman–Crippen MR) is 57.3 cm³/mol. The van der Waals surface area contributed by atoms with Crippen LogP contribution in [0.5, 0.6) is 5.75 Å². The highest BCUT2D eigenvalue weighted by Gasteiger charge is 2.18. The van der Waals surface area contributed by atoms with Crippen LogP contribution in [0.3, 0.4) is 0 Å².